The van der Waals surface area contributed by atoms with Crippen LogP contribution >= 0.6 is 11.6 Å². The van der Waals surface area contributed by atoms with Crippen LogP contribution in [0.2, 0.25) is 5.02 Å². The molecule has 5 nitrogen and oxygen atoms in total. The summed E-state index contributed by atoms with van der Waals surface area (Å²) in [5.41, 5.74) is 3.24. The van der Waals surface area contributed by atoms with E-state index in [2.05, 4.69) is 39.6 Å². The molecule has 3 aromatic rings. The summed E-state index contributed by atoms with van der Waals surface area (Å²) >= 11 is 5.88. The van der Waals surface area contributed by atoms with E-state index in [4.69, 9.17) is 11.6 Å². The normalized spacial score (nSPS) is 15.3. The van der Waals surface area contributed by atoms with Crippen LogP contribution in [0.25, 0.3) is 10.9 Å². The monoisotopic (exact) mass is 368 g/mol. The molecule has 134 valence electrons. The van der Waals surface area contributed by atoms with Crippen molar-refractivity contribution in [1.29, 1.82) is 0 Å². The quantitative estimate of drug-likeness (QED) is 0.729. The van der Waals surface area contributed by atoms with Gasteiger partial charge in [0, 0.05) is 60.5 Å². The van der Waals surface area contributed by atoms with Gasteiger partial charge in [-0.3, -0.25) is 4.90 Å². The number of nitrogens with one attached hydrogen (secondary N) is 2. The third-order valence-electron chi connectivity index (χ3n) is 4.82. The minimum Gasteiger partial charge on any atom is -0.361 e. The van der Waals surface area contributed by atoms with Crippen LogP contribution in [0, 0.1) is 0 Å². The van der Waals surface area contributed by atoms with Gasteiger partial charge in [0.25, 0.3) is 0 Å². The predicted octanol–water partition coefficient (Wildman–Crippen LogP) is 4.17. The van der Waals surface area contributed by atoms with Crippen LogP contribution in [0.4, 0.5) is 10.5 Å². The molecule has 1 aromatic heterocycles. The Morgan fingerprint density at radius 1 is 1.04 bits per heavy atom. The van der Waals surface area contributed by atoms with E-state index in [-0.39, 0.29) is 6.03 Å². The van der Waals surface area contributed by atoms with Gasteiger partial charge in [-0.15, -0.1) is 0 Å². The Labute approximate surface area is 157 Å². The zero-order valence-electron chi connectivity index (χ0n) is 14.4. The van der Waals surface area contributed by atoms with E-state index in [9.17, 15) is 4.79 Å². The van der Waals surface area contributed by atoms with Crippen molar-refractivity contribution in [2.45, 2.75) is 6.54 Å². The lowest BCUT2D eigenvalue weighted by molar-refractivity contribution is 0.143. The van der Waals surface area contributed by atoms with E-state index in [0.717, 1.165) is 38.4 Å². The molecule has 0 unspecified atom stereocenters. The summed E-state index contributed by atoms with van der Waals surface area (Å²) in [6.07, 6.45) is 2.09. The fourth-order valence-electron chi connectivity index (χ4n) is 3.35. The second kappa shape index (κ2) is 7.40. The van der Waals surface area contributed by atoms with Crippen LogP contribution in [0.15, 0.2) is 54.7 Å². The Balaban J connectivity index is 1.32. The van der Waals surface area contributed by atoms with Crippen molar-refractivity contribution >= 4 is 34.2 Å². The number of anilines is 1. The van der Waals surface area contributed by atoms with Gasteiger partial charge >= 0.3 is 6.03 Å². The summed E-state index contributed by atoms with van der Waals surface area (Å²) in [6.45, 7) is 4.08. The maximum atomic E-state index is 12.4. The van der Waals surface area contributed by atoms with Crippen molar-refractivity contribution in [3.8, 4) is 0 Å². The summed E-state index contributed by atoms with van der Waals surface area (Å²) in [5, 5.41) is 4.86. The Kier molecular flexibility index (Phi) is 4.82. The molecular formula is C20H21ClN4O. The zero-order valence-corrected chi connectivity index (χ0v) is 15.2. The van der Waals surface area contributed by atoms with E-state index in [1.54, 1.807) is 12.1 Å². The fourth-order valence-corrected chi connectivity index (χ4v) is 3.47. The van der Waals surface area contributed by atoms with Crippen molar-refractivity contribution < 1.29 is 4.79 Å². The number of carbonyl (C=O) groups excluding carboxylic acids is 1. The minimum atomic E-state index is -0.0564. The Morgan fingerprint density at radius 2 is 1.77 bits per heavy atom. The molecule has 6 heteroatoms. The fraction of sp³-hybridized carbons (Fsp3) is 0.250. The lowest BCUT2D eigenvalue weighted by atomic mass is 10.1. The average Bonchev–Trinajstić information content (AvgIpc) is 3.07. The Morgan fingerprint density at radius 3 is 2.54 bits per heavy atom. The molecule has 1 aliphatic rings. The summed E-state index contributed by atoms with van der Waals surface area (Å²) in [4.78, 5) is 20.0. The van der Waals surface area contributed by atoms with Crippen molar-refractivity contribution in [3.05, 3.63) is 65.3 Å². The Bertz CT molecular complexity index is 898. The van der Waals surface area contributed by atoms with Crippen LogP contribution in [0.1, 0.15) is 5.56 Å². The van der Waals surface area contributed by atoms with Gasteiger partial charge in [-0.2, -0.15) is 0 Å². The number of para-hydroxylation sites is 1. The summed E-state index contributed by atoms with van der Waals surface area (Å²) in [6, 6.07) is 15.5. The van der Waals surface area contributed by atoms with Crippen LogP contribution in [-0.2, 0) is 6.54 Å². The van der Waals surface area contributed by atoms with Crippen molar-refractivity contribution in [1.82, 2.24) is 14.8 Å². The molecule has 0 saturated carbocycles. The van der Waals surface area contributed by atoms with Crippen LogP contribution < -0.4 is 5.32 Å². The third-order valence-corrected chi connectivity index (χ3v) is 5.08. The molecule has 0 radical (unpaired) electrons. The molecule has 2 aromatic carbocycles. The molecule has 1 saturated heterocycles. The number of benzene rings is 2. The number of halogens is 1. The molecule has 0 spiro atoms. The van der Waals surface area contributed by atoms with Gasteiger partial charge in [-0.05, 0) is 35.9 Å². The third kappa shape index (κ3) is 3.69. The van der Waals surface area contributed by atoms with Crippen LogP contribution in [0.3, 0.4) is 0 Å². The zero-order chi connectivity index (χ0) is 17.9. The molecular weight excluding hydrogens is 348 g/mol. The highest BCUT2D eigenvalue weighted by atomic mass is 35.5. The first-order valence-electron chi connectivity index (χ1n) is 8.78. The first-order chi connectivity index (χ1) is 12.7. The van der Waals surface area contributed by atoms with E-state index in [1.165, 1.54) is 16.5 Å². The number of nitrogens with zero attached hydrogens (tertiary/aromatic N) is 2. The first kappa shape index (κ1) is 16.9. The van der Waals surface area contributed by atoms with Gasteiger partial charge in [-0.25, -0.2) is 4.79 Å². The summed E-state index contributed by atoms with van der Waals surface area (Å²) < 4.78 is 0. The largest absolute Gasteiger partial charge is 0.361 e. The predicted molar refractivity (Wildman–Crippen MR) is 106 cm³/mol. The van der Waals surface area contributed by atoms with Gasteiger partial charge in [-0.1, -0.05) is 29.8 Å². The SMILES string of the molecule is O=C(Nc1ccc(Cl)cc1)N1CCN(Cc2c[nH]c3ccccc23)CC1. The van der Waals surface area contributed by atoms with E-state index in [0.29, 0.717) is 5.02 Å². The maximum Gasteiger partial charge on any atom is 0.321 e. The summed E-state index contributed by atoms with van der Waals surface area (Å²) in [7, 11) is 0. The minimum absolute atomic E-state index is 0.0564. The van der Waals surface area contributed by atoms with Crippen molar-refractivity contribution in [3.63, 3.8) is 0 Å². The number of aromatic nitrogens is 1. The highest BCUT2D eigenvalue weighted by Gasteiger charge is 2.21. The first-order valence-corrected chi connectivity index (χ1v) is 9.16. The molecule has 0 atom stereocenters. The molecule has 2 N–H and O–H groups in total. The lowest BCUT2D eigenvalue weighted by Crippen LogP contribution is -2.49. The van der Waals surface area contributed by atoms with Crippen molar-refractivity contribution in [2.24, 2.45) is 0 Å². The van der Waals surface area contributed by atoms with E-state index >= 15 is 0 Å². The van der Waals surface area contributed by atoms with Gasteiger partial charge in [0.2, 0.25) is 0 Å². The van der Waals surface area contributed by atoms with Gasteiger partial charge < -0.3 is 15.2 Å². The number of aromatic amines is 1. The van der Waals surface area contributed by atoms with E-state index < -0.39 is 0 Å². The van der Waals surface area contributed by atoms with Gasteiger partial charge in [0.15, 0.2) is 0 Å². The number of amides is 2. The molecule has 2 heterocycles. The number of carbonyl (C=O) groups is 1. The topological polar surface area (TPSA) is 51.4 Å². The average molecular weight is 369 g/mol. The second-order valence-electron chi connectivity index (χ2n) is 6.56. The number of piperazine rings is 1. The number of fused-ring (bicyclic) bond motifs is 1. The Hall–Kier alpha value is -2.50. The van der Waals surface area contributed by atoms with Crippen molar-refractivity contribution in [2.75, 3.05) is 31.5 Å². The molecule has 0 bridgehead atoms. The highest BCUT2D eigenvalue weighted by molar-refractivity contribution is 6.30. The number of urea groups is 1. The smallest absolute Gasteiger partial charge is 0.321 e. The number of hydrogen-bond donors (Lipinski definition) is 2. The van der Waals surface area contributed by atoms with Crippen LogP contribution in [0.5, 0.6) is 0 Å². The van der Waals surface area contributed by atoms with Gasteiger partial charge in [0.1, 0.15) is 0 Å². The van der Waals surface area contributed by atoms with E-state index in [1.807, 2.05) is 23.1 Å². The standard InChI is InChI=1S/C20H21ClN4O/c21-16-5-7-17(8-6-16)23-20(26)25-11-9-24(10-12-25)14-15-13-22-19-4-2-1-3-18(15)19/h1-8,13,22H,9-12,14H2,(H,23,26). The second-order valence-corrected chi connectivity index (χ2v) is 7.00. The number of hydrogen-bond acceptors (Lipinski definition) is 2. The molecule has 0 aliphatic carbocycles. The van der Waals surface area contributed by atoms with Gasteiger partial charge in [0.05, 0.1) is 0 Å². The maximum absolute atomic E-state index is 12.4. The van der Waals surface area contributed by atoms with Crippen LogP contribution in [-0.4, -0.2) is 47.0 Å². The molecule has 1 fully saturated rings. The number of rotatable bonds is 3. The molecule has 1 aliphatic heterocycles. The highest BCUT2D eigenvalue weighted by Crippen LogP contribution is 2.20. The molecule has 4 rings (SSSR count). The number of H-pyrrole nitrogens is 1. The molecule has 26 heavy (non-hydrogen) atoms. The molecule has 2 amide bonds. The lowest BCUT2D eigenvalue weighted by Gasteiger charge is -2.34. The summed E-state index contributed by atoms with van der Waals surface area (Å²) in [5.74, 6) is 0.